The molecule has 0 heterocycles. The lowest BCUT2D eigenvalue weighted by Gasteiger charge is -2.06. The minimum absolute atomic E-state index is 0.0121. The summed E-state index contributed by atoms with van der Waals surface area (Å²) in [5, 5.41) is 9.00. The number of sulfone groups is 1. The molecule has 0 amide bonds. The van der Waals surface area contributed by atoms with Crippen LogP contribution in [0.25, 0.3) is 0 Å². The highest BCUT2D eigenvalue weighted by atomic mass is 32.2. The predicted octanol–water partition coefficient (Wildman–Crippen LogP) is 0.611. The zero-order chi connectivity index (χ0) is 10.8. The van der Waals surface area contributed by atoms with Crippen molar-refractivity contribution in [1.82, 2.24) is 0 Å². The second-order valence-corrected chi connectivity index (χ2v) is 5.07. The third-order valence-corrected chi connectivity index (χ3v) is 3.62. The van der Waals surface area contributed by atoms with Gasteiger partial charge in [0.25, 0.3) is 0 Å². The third-order valence-electron chi connectivity index (χ3n) is 1.79. The van der Waals surface area contributed by atoms with E-state index in [0.717, 1.165) is 0 Å². The quantitative estimate of drug-likeness (QED) is 0.748. The van der Waals surface area contributed by atoms with Crippen molar-refractivity contribution in [2.45, 2.75) is 17.3 Å². The molecule has 76 valence electrons. The summed E-state index contributed by atoms with van der Waals surface area (Å²) in [5.41, 5.74) is -1.04. The molecule has 0 spiro atoms. The van der Waals surface area contributed by atoms with Crippen molar-refractivity contribution in [3.63, 3.8) is 0 Å². The van der Waals surface area contributed by atoms with E-state index in [-0.39, 0.29) is 4.90 Å². The molecule has 14 heavy (non-hydrogen) atoms. The zero-order valence-corrected chi connectivity index (χ0v) is 8.36. The van der Waals surface area contributed by atoms with Crippen LogP contribution in [0.3, 0.4) is 0 Å². The summed E-state index contributed by atoms with van der Waals surface area (Å²) in [6.45, 7) is 1.18. The number of carbonyl (C=O) groups excluding carboxylic acids is 1. The average molecular weight is 214 g/mol. The van der Waals surface area contributed by atoms with E-state index >= 15 is 0 Å². The molecular formula is C9H10O4S. The fourth-order valence-corrected chi connectivity index (χ4v) is 1.84. The minimum atomic E-state index is -3.66. The number of rotatable bonds is 3. The highest BCUT2D eigenvalue weighted by Crippen LogP contribution is 2.14. The molecule has 0 saturated carbocycles. The number of aliphatic hydroxyl groups excluding tert-OH is 1. The Bertz CT molecular complexity index is 417. The monoisotopic (exact) mass is 214 g/mol. The van der Waals surface area contributed by atoms with Gasteiger partial charge in [-0.05, 0) is 19.1 Å². The highest BCUT2D eigenvalue weighted by Gasteiger charge is 2.20. The molecule has 0 radical (unpaired) electrons. The van der Waals surface area contributed by atoms with Gasteiger partial charge in [-0.15, -0.1) is 0 Å². The summed E-state index contributed by atoms with van der Waals surface area (Å²) >= 11 is 0. The Morgan fingerprint density at radius 3 is 2.14 bits per heavy atom. The van der Waals surface area contributed by atoms with Gasteiger partial charge in [0, 0.05) is 5.56 Å². The fourth-order valence-electron chi connectivity index (χ4n) is 0.933. The topological polar surface area (TPSA) is 71.4 Å². The number of carbonyl (C=O) groups is 1. The molecule has 1 aromatic carbocycles. The van der Waals surface area contributed by atoms with E-state index in [0.29, 0.717) is 11.8 Å². The van der Waals surface area contributed by atoms with E-state index in [1.807, 2.05) is 0 Å². The lowest BCUT2D eigenvalue weighted by atomic mass is 10.2. The van der Waals surface area contributed by atoms with Gasteiger partial charge < -0.3 is 5.11 Å². The minimum Gasteiger partial charge on any atom is -0.377 e. The third kappa shape index (κ3) is 2.00. The molecule has 0 aliphatic rings. The summed E-state index contributed by atoms with van der Waals surface area (Å²) in [4.78, 5) is 10.3. The highest BCUT2D eigenvalue weighted by molar-refractivity contribution is 7.91. The molecule has 1 rings (SSSR count). The molecule has 1 N–H and O–H groups in total. The van der Waals surface area contributed by atoms with E-state index in [2.05, 4.69) is 0 Å². The molecule has 5 heteroatoms. The van der Waals surface area contributed by atoms with Gasteiger partial charge in [0.15, 0.2) is 5.44 Å². The lowest BCUT2D eigenvalue weighted by Crippen LogP contribution is -2.16. The molecule has 0 fully saturated rings. The van der Waals surface area contributed by atoms with Crippen LogP contribution in [0.2, 0.25) is 0 Å². The van der Waals surface area contributed by atoms with Crippen molar-refractivity contribution in [1.29, 1.82) is 0 Å². The normalized spacial score (nSPS) is 13.6. The van der Waals surface area contributed by atoms with Gasteiger partial charge in [0.2, 0.25) is 9.84 Å². The second-order valence-electron chi connectivity index (χ2n) is 2.83. The van der Waals surface area contributed by atoms with E-state index in [1.54, 1.807) is 0 Å². The van der Waals surface area contributed by atoms with Gasteiger partial charge in [-0.3, -0.25) is 4.79 Å². The van der Waals surface area contributed by atoms with Gasteiger partial charge in [-0.1, -0.05) is 12.1 Å². The fraction of sp³-hybridized carbons (Fsp3) is 0.222. The van der Waals surface area contributed by atoms with Gasteiger partial charge in [0.05, 0.1) is 4.90 Å². The molecule has 0 bridgehead atoms. The summed E-state index contributed by atoms with van der Waals surface area (Å²) < 4.78 is 22.8. The van der Waals surface area contributed by atoms with Crippen LogP contribution >= 0.6 is 0 Å². The van der Waals surface area contributed by atoms with Gasteiger partial charge in [-0.25, -0.2) is 8.42 Å². The number of aldehydes is 1. The van der Waals surface area contributed by atoms with Crippen molar-refractivity contribution < 1.29 is 18.3 Å². The summed E-state index contributed by atoms with van der Waals surface area (Å²) in [6, 6.07) is 5.38. The molecule has 4 nitrogen and oxygen atoms in total. The first-order chi connectivity index (χ1) is 6.48. The van der Waals surface area contributed by atoms with Crippen LogP contribution < -0.4 is 0 Å². The van der Waals surface area contributed by atoms with Crippen LogP contribution in [0.4, 0.5) is 0 Å². The zero-order valence-electron chi connectivity index (χ0n) is 7.54. The molecular weight excluding hydrogens is 204 g/mol. The van der Waals surface area contributed by atoms with Crippen LogP contribution in [-0.2, 0) is 9.84 Å². The van der Waals surface area contributed by atoms with Gasteiger partial charge in [0.1, 0.15) is 6.29 Å². The Morgan fingerprint density at radius 2 is 1.79 bits per heavy atom. The van der Waals surface area contributed by atoms with Crippen molar-refractivity contribution in [3.8, 4) is 0 Å². The van der Waals surface area contributed by atoms with E-state index in [9.17, 15) is 13.2 Å². The van der Waals surface area contributed by atoms with E-state index < -0.39 is 15.3 Å². The molecule has 1 unspecified atom stereocenters. The lowest BCUT2D eigenvalue weighted by molar-refractivity contribution is 0.112. The van der Waals surface area contributed by atoms with E-state index in [4.69, 9.17) is 5.11 Å². The number of hydrogen-bond acceptors (Lipinski definition) is 4. The predicted molar refractivity (Wildman–Crippen MR) is 50.7 cm³/mol. The van der Waals surface area contributed by atoms with Crippen LogP contribution in [0.5, 0.6) is 0 Å². The Labute approximate surface area is 82.1 Å². The molecule has 1 aromatic rings. The Balaban J connectivity index is 3.16. The van der Waals surface area contributed by atoms with Crippen molar-refractivity contribution in [2.24, 2.45) is 0 Å². The van der Waals surface area contributed by atoms with Crippen molar-refractivity contribution in [2.75, 3.05) is 0 Å². The Morgan fingerprint density at radius 1 is 1.29 bits per heavy atom. The summed E-state index contributed by atoms with van der Waals surface area (Å²) in [5.74, 6) is 0. The molecule has 0 aliphatic carbocycles. The van der Waals surface area contributed by atoms with Crippen LogP contribution in [0.15, 0.2) is 29.2 Å². The van der Waals surface area contributed by atoms with E-state index in [1.165, 1.54) is 31.2 Å². The van der Waals surface area contributed by atoms with Crippen LogP contribution in [0.1, 0.15) is 17.3 Å². The van der Waals surface area contributed by atoms with Crippen LogP contribution in [-0.4, -0.2) is 25.2 Å². The maximum Gasteiger partial charge on any atom is 0.204 e. The maximum atomic E-state index is 11.4. The first-order valence-electron chi connectivity index (χ1n) is 3.95. The molecule has 1 atom stereocenters. The smallest absolute Gasteiger partial charge is 0.204 e. The largest absolute Gasteiger partial charge is 0.377 e. The maximum absolute atomic E-state index is 11.4. The van der Waals surface area contributed by atoms with Gasteiger partial charge in [-0.2, -0.15) is 0 Å². The average Bonchev–Trinajstić information content (AvgIpc) is 2.17. The molecule has 0 aliphatic heterocycles. The SMILES string of the molecule is CC(O)S(=O)(=O)c1ccc(C=O)cc1. The Kier molecular flexibility index (Phi) is 3.03. The first-order valence-corrected chi connectivity index (χ1v) is 5.50. The van der Waals surface area contributed by atoms with Crippen molar-refractivity contribution in [3.05, 3.63) is 29.8 Å². The molecule has 0 saturated heterocycles. The molecule has 0 aromatic heterocycles. The van der Waals surface area contributed by atoms with Gasteiger partial charge >= 0.3 is 0 Å². The number of aliphatic hydroxyl groups is 1. The first kappa shape index (κ1) is 10.9. The van der Waals surface area contributed by atoms with Crippen LogP contribution in [0, 0.1) is 0 Å². The van der Waals surface area contributed by atoms with Crippen molar-refractivity contribution >= 4 is 16.1 Å². The number of hydrogen-bond donors (Lipinski definition) is 1. The Hall–Kier alpha value is -1.20. The summed E-state index contributed by atoms with van der Waals surface area (Å²) in [6.07, 6.45) is 0.624. The standard InChI is InChI=1S/C9H10O4S/c1-7(11)14(12,13)9-4-2-8(6-10)3-5-9/h2-7,11H,1H3. The summed E-state index contributed by atoms with van der Waals surface area (Å²) in [7, 11) is -3.66. The second kappa shape index (κ2) is 3.89. The number of benzene rings is 1.